The molecule has 0 unspecified atom stereocenters. The third kappa shape index (κ3) is 8.28. The van der Waals surface area contributed by atoms with Crippen molar-refractivity contribution >= 4 is 5.91 Å². The van der Waals surface area contributed by atoms with Crippen LogP contribution in [0.3, 0.4) is 0 Å². The molecule has 1 amide bonds. The summed E-state index contributed by atoms with van der Waals surface area (Å²) in [5.41, 5.74) is -0.264. The first kappa shape index (κ1) is 24.7. The molecule has 8 heteroatoms. The van der Waals surface area contributed by atoms with Crippen molar-refractivity contribution in [2.24, 2.45) is 0 Å². The second kappa shape index (κ2) is 11.7. The van der Waals surface area contributed by atoms with Crippen molar-refractivity contribution < 1.29 is 28.5 Å². The van der Waals surface area contributed by atoms with Crippen molar-refractivity contribution in [3.63, 3.8) is 0 Å². The van der Waals surface area contributed by atoms with Crippen LogP contribution in [0.2, 0.25) is 0 Å². The summed E-state index contributed by atoms with van der Waals surface area (Å²) in [5, 5.41) is 10.3. The number of aliphatic hydroxyl groups is 1. The monoisotopic (exact) mass is 426 g/mol. The maximum Gasteiger partial charge on any atom is 0.256 e. The van der Waals surface area contributed by atoms with Crippen LogP contribution in [0.15, 0.2) is 24.3 Å². The quantitative estimate of drug-likeness (QED) is 0.615. The van der Waals surface area contributed by atoms with Gasteiger partial charge in [-0.2, -0.15) is 0 Å². The zero-order chi connectivity index (χ0) is 22.1. The van der Waals surface area contributed by atoms with Gasteiger partial charge in [-0.15, -0.1) is 0 Å². The molecule has 1 aliphatic heterocycles. The summed E-state index contributed by atoms with van der Waals surface area (Å²) in [5.74, 6) is -0.928. The Kier molecular flexibility index (Phi) is 9.64. The second-order valence-corrected chi connectivity index (χ2v) is 8.55. The van der Waals surface area contributed by atoms with Crippen LogP contribution >= 0.6 is 0 Å². The standard InChI is InChI=1S/C22H35FN2O5/c1-22(2,3)30-16-17(26)13-24-9-12-29-18(14-24)15-25(10-11-28-4)21(27)19-7-5-6-8-20(19)23/h5-8,17-18,26H,9-16H2,1-4H3/t17-,18-/m0/s1. The van der Waals surface area contributed by atoms with E-state index in [1.54, 1.807) is 24.1 Å². The number of aliphatic hydroxyl groups excluding tert-OH is 1. The molecule has 7 nitrogen and oxygen atoms in total. The number of nitrogens with zero attached hydrogens (tertiary/aromatic N) is 2. The van der Waals surface area contributed by atoms with E-state index >= 15 is 0 Å². The van der Waals surface area contributed by atoms with Crippen molar-refractivity contribution in [3.8, 4) is 0 Å². The molecule has 170 valence electrons. The molecule has 1 heterocycles. The predicted molar refractivity (Wildman–Crippen MR) is 112 cm³/mol. The summed E-state index contributed by atoms with van der Waals surface area (Å²) in [4.78, 5) is 16.6. The number of β-amino-alcohol motifs (C(OH)–C–C–N with tert-alkyl or cyclic N) is 1. The summed E-state index contributed by atoms with van der Waals surface area (Å²) in [6.45, 7) is 9.36. The molecule has 1 aromatic rings. The summed E-state index contributed by atoms with van der Waals surface area (Å²) in [7, 11) is 1.56. The van der Waals surface area contributed by atoms with Crippen LogP contribution in [0.1, 0.15) is 31.1 Å². The van der Waals surface area contributed by atoms with E-state index in [0.717, 1.165) is 0 Å². The molecule has 1 fully saturated rings. The van der Waals surface area contributed by atoms with Gasteiger partial charge in [-0.3, -0.25) is 9.69 Å². The average Bonchev–Trinajstić information content (AvgIpc) is 2.69. The normalized spacial score (nSPS) is 18.9. The molecule has 1 N–H and O–H groups in total. The highest BCUT2D eigenvalue weighted by atomic mass is 19.1. The molecular weight excluding hydrogens is 391 g/mol. The van der Waals surface area contributed by atoms with E-state index < -0.39 is 11.9 Å². The van der Waals surface area contributed by atoms with Gasteiger partial charge >= 0.3 is 0 Å². The number of halogens is 1. The van der Waals surface area contributed by atoms with E-state index in [9.17, 15) is 14.3 Å². The molecule has 1 saturated heterocycles. The highest BCUT2D eigenvalue weighted by Crippen LogP contribution is 2.14. The van der Waals surface area contributed by atoms with Gasteiger partial charge in [0.2, 0.25) is 0 Å². The lowest BCUT2D eigenvalue weighted by atomic mass is 10.1. The highest BCUT2D eigenvalue weighted by Gasteiger charge is 2.27. The van der Waals surface area contributed by atoms with Crippen molar-refractivity contribution in [1.29, 1.82) is 0 Å². The van der Waals surface area contributed by atoms with Gasteiger partial charge in [0.25, 0.3) is 5.91 Å². The molecule has 2 rings (SSSR count). The molecule has 2 atom stereocenters. The lowest BCUT2D eigenvalue weighted by molar-refractivity contribution is -0.0784. The molecule has 0 saturated carbocycles. The number of benzene rings is 1. The van der Waals surface area contributed by atoms with E-state index in [0.29, 0.717) is 45.9 Å². The van der Waals surface area contributed by atoms with Gasteiger partial charge in [0, 0.05) is 39.8 Å². The van der Waals surface area contributed by atoms with Gasteiger partial charge in [-0.1, -0.05) is 12.1 Å². The van der Waals surface area contributed by atoms with E-state index in [1.165, 1.54) is 12.1 Å². The second-order valence-electron chi connectivity index (χ2n) is 8.55. The Morgan fingerprint density at radius 3 is 2.80 bits per heavy atom. The van der Waals surface area contributed by atoms with Crippen molar-refractivity contribution in [1.82, 2.24) is 9.80 Å². The highest BCUT2D eigenvalue weighted by molar-refractivity contribution is 5.94. The Morgan fingerprint density at radius 1 is 1.40 bits per heavy atom. The number of methoxy groups -OCH3 is 1. The smallest absolute Gasteiger partial charge is 0.256 e. The van der Waals surface area contributed by atoms with Crippen molar-refractivity contribution in [2.45, 2.75) is 38.6 Å². The lowest BCUT2D eigenvalue weighted by Gasteiger charge is -2.36. The van der Waals surface area contributed by atoms with Crippen LogP contribution in [0, 0.1) is 5.82 Å². The lowest BCUT2D eigenvalue weighted by Crippen LogP contribution is -2.51. The minimum atomic E-state index is -0.604. The third-order valence-electron chi connectivity index (χ3n) is 4.78. The van der Waals surface area contributed by atoms with Crippen LogP contribution in [-0.2, 0) is 14.2 Å². The Labute approximate surface area is 178 Å². The largest absolute Gasteiger partial charge is 0.389 e. The fraction of sp³-hybridized carbons (Fsp3) is 0.682. The topological polar surface area (TPSA) is 71.5 Å². The Bertz CT molecular complexity index is 667. The van der Waals surface area contributed by atoms with Crippen LogP contribution in [0.5, 0.6) is 0 Å². The Hall–Kier alpha value is -1.58. The van der Waals surface area contributed by atoms with Crippen LogP contribution < -0.4 is 0 Å². The summed E-state index contributed by atoms with van der Waals surface area (Å²) < 4.78 is 30.7. The van der Waals surface area contributed by atoms with E-state index in [1.807, 2.05) is 20.8 Å². The molecule has 0 aliphatic carbocycles. The van der Waals surface area contributed by atoms with E-state index in [4.69, 9.17) is 14.2 Å². The number of rotatable bonds is 10. The van der Waals surface area contributed by atoms with Crippen LogP contribution in [-0.4, -0.2) is 98.3 Å². The van der Waals surface area contributed by atoms with E-state index in [-0.39, 0.29) is 29.8 Å². The Balaban J connectivity index is 1.95. The number of carbonyl (C=O) groups is 1. The summed E-state index contributed by atoms with van der Waals surface area (Å²) >= 11 is 0. The van der Waals surface area contributed by atoms with Gasteiger partial charge in [-0.25, -0.2) is 4.39 Å². The first-order chi connectivity index (χ1) is 14.2. The average molecular weight is 427 g/mol. The number of hydrogen-bond acceptors (Lipinski definition) is 6. The first-order valence-corrected chi connectivity index (χ1v) is 10.4. The number of ether oxygens (including phenoxy) is 3. The van der Waals surface area contributed by atoms with Gasteiger partial charge in [0.1, 0.15) is 5.82 Å². The van der Waals surface area contributed by atoms with Crippen molar-refractivity contribution in [3.05, 3.63) is 35.6 Å². The molecule has 1 aliphatic rings. The maximum absolute atomic E-state index is 14.1. The fourth-order valence-corrected chi connectivity index (χ4v) is 3.28. The van der Waals surface area contributed by atoms with Crippen molar-refractivity contribution in [2.75, 3.05) is 59.7 Å². The van der Waals surface area contributed by atoms with Gasteiger partial charge in [0.15, 0.2) is 0 Å². The summed E-state index contributed by atoms with van der Waals surface area (Å²) in [6, 6.07) is 5.96. The maximum atomic E-state index is 14.1. The van der Waals surface area contributed by atoms with Crippen LogP contribution in [0.4, 0.5) is 4.39 Å². The Morgan fingerprint density at radius 2 is 2.13 bits per heavy atom. The summed E-state index contributed by atoms with van der Waals surface area (Å²) in [6.07, 6.45) is -0.838. The number of amides is 1. The molecule has 0 bridgehead atoms. The SMILES string of the molecule is COCCN(C[C@@H]1CN(C[C@H](O)COC(C)(C)C)CCO1)C(=O)c1ccccc1F. The molecule has 0 spiro atoms. The minimum Gasteiger partial charge on any atom is -0.389 e. The van der Waals surface area contributed by atoms with E-state index in [2.05, 4.69) is 4.90 Å². The van der Waals surface area contributed by atoms with Crippen LogP contribution in [0.25, 0.3) is 0 Å². The van der Waals surface area contributed by atoms with Gasteiger partial charge < -0.3 is 24.2 Å². The number of hydrogen-bond donors (Lipinski definition) is 1. The third-order valence-corrected chi connectivity index (χ3v) is 4.78. The predicted octanol–water partition coefficient (Wildman–Crippen LogP) is 1.79. The number of carbonyl (C=O) groups excluding carboxylic acids is 1. The fourth-order valence-electron chi connectivity index (χ4n) is 3.28. The number of morpholine rings is 1. The minimum absolute atomic E-state index is 0.0380. The zero-order valence-electron chi connectivity index (χ0n) is 18.5. The first-order valence-electron chi connectivity index (χ1n) is 10.4. The van der Waals surface area contributed by atoms with Gasteiger partial charge in [0.05, 0.1) is 43.2 Å². The molecular formula is C22H35FN2O5. The molecule has 30 heavy (non-hydrogen) atoms. The van der Waals surface area contributed by atoms with Gasteiger partial charge in [-0.05, 0) is 32.9 Å². The molecule has 1 aromatic carbocycles. The molecule has 0 aromatic heterocycles. The zero-order valence-corrected chi connectivity index (χ0v) is 18.5. The molecule has 0 radical (unpaired) electrons.